The van der Waals surface area contributed by atoms with E-state index in [4.69, 9.17) is 14.2 Å². The second-order valence-corrected chi connectivity index (χ2v) is 7.70. The van der Waals surface area contributed by atoms with Crippen LogP contribution >= 0.6 is 38.5 Å². The first kappa shape index (κ1) is 20.6. The van der Waals surface area contributed by atoms with Crippen LogP contribution in [0, 0.1) is 3.57 Å². The molecule has 7 heteroatoms. The number of aliphatic imine (C=N–C) groups is 1. The maximum Gasteiger partial charge on any atom is 0.363 e. The number of cyclic esters (lactones) is 1. The SMILES string of the molecule is C=CCOc1c(I)cc(/C=C2\N=C(c3ccccc3Br)OC2=O)cc1OCC. The molecule has 1 aliphatic heterocycles. The van der Waals surface area contributed by atoms with Crippen molar-refractivity contribution in [2.24, 2.45) is 4.99 Å². The van der Waals surface area contributed by atoms with Crippen molar-refractivity contribution in [1.29, 1.82) is 0 Å². The summed E-state index contributed by atoms with van der Waals surface area (Å²) >= 11 is 5.62. The van der Waals surface area contributed by atoms with Gasteiger partial charge in [-0.1, -0.05) is 24.8 Å². The molecule has 2 aromatic rings. The van der Waals surface area contributed by atoms with Gasteiger partial charge in [-0.2, -0.15) is 0 Å². The lowest BCUT2D eigenvalue weighted by Gasteiger charge is -2.13. The normalized spacial score (nSPS) is 14.6. The Morgan fingerprint density at radius 2 is 2.07 bits per heavy atom. The van der Waals surface area contributed by atoms with Crippen LogP contribution in [0.4, 0.5) is 0 Å². The Labute approximate surface area is 185 Å². The van der Waals surface area contributed by atoms with Crippen LogP contribution in [-0.2, 0) is 9.53 Å². The summed E-state index contributed by atoms with van der Waals surface area (Å²) in [7, 11) is 0. The fraction of sp³-hybridized carbons (Fsp3) is 0.143. The molecule has 0 atom stereocenters. The number of hydrogen-bond acceptors (Lipinski definition) is 5. The summed E-state index contributed by atoms with van der Waals surface area (Å²) in [4.78, 5) is 16.6. The van der Waals surface area contributed by atoms with Gasteiger partial charge in [0.05, 0.1) is 15.7 Å². The number of carbonyl (C=O) groups excluding carboxylic acids is 1. The van der Waals surface area contributed by atoms with Crippen LogP contribution in [-0.4, -0.2) is 25.1 Å². The van der Waals surface area contributed by atoms with Gasteiger partial charge in [-0.3, -0.25) is 0 Å². The highest BCUT2D eigenvalue weighted by atomic mass is 127. The van der Waals surface area contributed by atoms with Crippen LogP contribution in [0.5, 0.6) is 11.5 Å². The third kappa shape index (κ3) is 4.64. The van der Waals surface area contributed by atoms with Gasteiger partial charge in [0.1, 0.15) is 6.61 Å². The monoisotopic (exact) mass is 553 g/mol. The maximum atomic E-state index is 12.3. The molecule has 0 N–H and O–H groups in total. The van der Waals surface area contributed by atoms with Crippen molar-refractivity contribution in [3.63, 3.8) is 0 Å². The fourth-order valence-corrected chi connectivity index (χ4v) is 3.77. The molecule has 0 unspecified atom stereocenters. The van der Waals surface area contributed by atoms with Crippen molar-refractivity contribution in [2.75, 3.05) is 13.2 Å². The zero-order chi connectivity index (χ0) is 20.1. The zero-order valence-corrected chi connectivity index (χ0v) is 18.8. The topological polar surface area (TPSA) is 57.1 Å². The number of esters is 1. The molecular formula is C21H17BrINO4. The van der Waals surface area contributed by atoms with Crippen LogP contribution in [0.3, 0.4) is 0 Å². The summed E-state index contributed by atoms with van der Waals surface area (Å²) < 4.78 is 18.4. The Bertz CT molecular complexity index is 984. The van der Waals surface area contributed by atoms with Crippen molar-refractivity contribution in [1.82, 2.24) is 0 Å². The summed E-state index contributed by atoms with van der Waals surface area (Å²) in [6.45, 7) is 6.44. The first-order chi connectivity index (χ1) is 13.5. The summed E-state index contributed by atoms with van der Waals surface area (Å²) in [5.41, 5.74) is 1.71. The summed E-state index contributed by atoms with van der Waals surface area (Å²) in [6.07, 6.45) is 3.35. The first-order valence-corrected chi connectivity index (χ1v) is 10.4. The van der Waals surface area contributed by atoms with Gasteiger partial charge in [0.25, 0.3) is 0 Å². The molecule has 1 aliphatic rings. The molecule has 0 fully saturated rings. The van der Waals surface area contributed by atoms with Crippen molar-refractivity contribution < 1.29 is 19.0 Å². The van der Waals surface area contributed by atoms with Crippen LogP contribution in [0.2, 0.25) is 0 Å². The number of benzene rings is 2. The largest absolute Gasteiger partial charge is 0.490 e. The number of carbonyl (C=O) groups is 1. The van der Waals surface area contributed by atoms with Crippen molar-refractivity contribution in [2.45, 2.75) is 6.92 Å². The average Bonchev–Trinajstić information content (AvgIpc) is 3.02. The highest BCUT2D eigenvalue weighted by Gasteiger charge is 2.25. The molecule has 0 amide bonds. The lowest BCUT2D eigenvalue weighted by atomic mass is 10.1. The van der Waals surface area contributed by atoms with E-state index in [-0.39, 0.29) is 11.6 Å². The van der Waals surface area contributed by atoms with E-state index in [0.29, 0.717) is 24.7 Å². The fourth-order valence-electron chi connectivity index (χ4n) is 2.53. The number of hydrogen-bond donors (Lipinski definition) is 0. The van der Waals surface area contributed by atoms with Crippen LogP contribution in [0.1, 0.15) is 18.1 Å². The maximum absolute atomic E-state index is 12.3. The predicted octanol–water partition coefficient (Wildman–Crippen LogP) is 5.36. The molecule has 0 bridgehead atoms. The molecule has 28 heavy (non-hydrogen) atoms. The van der Waals surface area contributed by atoms with E-state index in [0.717, 1.165) is 19.2 Å². The lowest BCUT2D eigenvalue weighted by Crippen LogP contribution is -2.06. The molecule has 0 aromatic heterocycles. The van der Waals surface area contributed by atoms with Crippen molar-refractivity contribution in [3.05, 3.63) is 73.9 Å². The molecule has 0 saturated heterocycles. The molecule has 0 radical (unpaired) electrons. The number of ether oxygens (including phenoxy) is 3. The summed E-state index contributed by atoms with van der Waals surface area (Å²) in [6, 6.07) is 11.2. The number of rotatable bonds is 7. The van der Waals surface area contributed by atoms with E-state index in [1.165, 1.54) is 0 Å². The van der Waals surface area contributed by atoms with Crippen molar-refractivity contribution in [3.8, 4) is 11.5 Å². The minimum absolute atomic E-state index is 0.226. The van der Waals surface area contributed by atoms with E-state index in [9.17, 15) is 4.79 Å². The van der Waals surface area contributed by atoms with Gasteiger partial charge in [-0.15, -0.1) is 0 Å². The van der Waals surface area contributed by atoms with Gasteiger partial charge < -0.3 is 14.2 Å². The quantitative estimate of drug-likeness (QED) is 0.200. The summed E-state index contributed by atoms with van der Waals surface area (Å²) in [5, 5.41) is 0. The molecule has 144 valence electrons. The Balaban J connectivity index is 1.97. The van der Waals surface area contributed by atoms with E-state index in [2.05, 4.69) is 50.1 Å². The predicted molar refractivity (Wildman–Crippen MR) is 121 cm³/mol. The Kier molecular flexibility index (Phi) is 6.90. The second-order valence-electron chi connectivity index (χ2n) is 5.68. The van der Waals surface area contributed by atoms with E-state index in [1.54, 1.807) is 12.2 Å². The zero-order valence-electron chi connectivity index (χ0n) is 15.1. The van der Waals surface area contributed by atoms with Crippen LogP contribution in [0.15, 0.2) is 64.2 Å². The lowest BCUT2D eigenvalue weighted by molar-refractivity contribution is -0.129. The minimum atomic E-state index is -0.495. The van der Waals surface area contributed by atoms with Gasteiger partial charge in [0.15, 0.2) is 17.2 Å². The first-order valence-electron chi connectivity index (χ1n) is 8.51. The number of halogens is 2. The molecule has 0 saturated carbocycles. The Hall–Kier alpha value is -2.13. The van der Waals surface area contributed by atoms with Crippen LogP contribution < -0.4 is 9.47 Å². The minimum Gasteiger partial charge on any atom is -0.490 e. The smallest absolute Gasteiger partial charge is 0.363 e. The highest BCUT2D eigenvalue weighted by Crippen LogP contribution is 2.35. The highest BCUT2D eigenvalue weighted by molar-refractivity contribution is 14.1. The molecule has 0 aliphatic carbocycles. The molecule has 5 nitrogen and oxygen atoms in total. The summed E-state index contributed by atoms with van der Waals surface area (Å²) in [5.74, 6) is 1.03. The van der Waals surface area contributed by atoms with E-state index < -0.39 is 5.97 Å². The van der Waals surface area contributed by atoms with Gasteiger partial charge in [0, 0.05) is 4.47 Å². The number of nitrogens with zero attached hydrogens (tertiary/aromatic N) is 1. The van der Waals surface area contributed by atoms with Gasteiger partial charge in [-0.25, -0.2) is 9.79 Å². The van der Waals surface area contributed by atoms with E-state index >= 15 is 0 Å². The van der Waals surface area contributed by atoms with Crippen LogP contribution in [0.25, 0.3) is 6.08 Å². The molecule has 2 aromatic carbocycles. The Morgan fingerprint density at radius 1 is 1.29 bits per heavy atom. The molecule has 0 spiro atoms. The average molecular weight is 554 g/mol. The third-order valence-corrected chi connectivity index (χ3v) is 5.20. The Morgan fingerprint density at radius 3 is 2.79 bits per heavy atom. The second kappa shape index (κ2) is 9.38. The standard InChI is InChI=1S/C21H17BrINO4/c1-3-9-27-19-16(23)10-13(12-18(19)26-4-2)11-17-21(25)28-20(24-17)14-7-5-6-8-15(14)22/h3,5-8,10-12H,1,4,9H2,2H3/b17-11-. The van der Waals surface area contributed by atoms with Gasteiger partial charge in [-0.05, 0) is 81.3 Å². The van der Waals surface area contributed by atoms with Gasteiger partial charge in [0.2, 0.25) is 5.90 Å². The molecular weight excluding hydrogens is 537 g/mol. The third-order valence-electron chi connectivity index (χ3n) is 3.71. The van der Waals surface area contributed by atoms with Gasteiger partial charge >= 0.3 is 5.97 Å². The molecule has 1 heterocycles. The van der Waals surface area contributed by atoms with E-state index in [1.807, 2.05) is 43.3 Å². The molecule has 3 rings (SSSR count). The van der Waals surface area contributed by atoms with Crippen molar-refractivity contribution >= 4 is 56.5 Å².